The molecule has 0 saturated heterocycles. The molecule has 3 nitrogen and oxygen atoms in total. The van der Waals surface area contributed by atoms with Crippen molar-refractivity contribution in [3.05, 3.63) is 29.6 Å². The lowest BCUT2D eigenvalue weighted by atomic mass is 10.1. The van der Waals surface area contributed by atoms with Crippen molar-refractivity contribution in [2.45, 2.75) is 17.9 Å². The minimum Gasteiger partial charge on any atom is -0.389 e. The molecule has 0 radical (unpaired) electrons. The van der Waals surface area contributed by atoms with E-state index in [4.69, 9.17) is 5.11 Å². The number of aliphatic hydroxyl groups is 1. The number of benzene rings is 1. The third-order valence-corrected chi connectivity index (χ3v) is 2.96. The second-order valence-corrected chi connectivity index (χ2v) is 5.09. The Kier molecular flexibility index (Phi) is 2.92. The van der Waals surface area contributed by atoms with E-state index in [9.17, 15) is 12.8 Å². The van der Waals surface area contributed by atoms with E-state index < -0.39 is 21.8 Å². The second-order valence-electron chi connectivity index (χ2n) is 3.11. The molecule has 0 amide bonds. The van der Waals surface area contributed by atoms with Crippen LogP contribution in [0.1, 0.15) is 18.6 Å². The van der Waals surface area contributed by atoms with E-state index in [0.29, 0.717) is 0 Å². The summed E-state index contributed by atoms with van der Waals surface area (Å²) in [7, 11) is -3.58. The van der Waals surface area contributed by atoms with Gasteiger partial charge >= 0.3 is 0 Å². The summed E-state index contributed by atoms with van der Waals surface area (Å²) in [5.41, 5.74) is -0.00655. The minimum atomic E-state index is -3.58. The second kappa shape index (κ2) is 3.67. The molecule has 1 aromatic carbocycles. The lowest BCUT2D eigenvalue weighted by Gasteiger charge is -2.08. The maximum Gasteiger partial charge on any atom is 0.178 e. The first-order valence-electron chi connectivity index (χ1n) is 4.00. The van der Waals surface area contributed by atoms with E-state index in [2.05, 4.69) is 0 Å². The molecule has 1 N–H and O–H groups in total. The van der Waals surface area contributed by atoms with Crippen LogP contribution < -0.4 is 0 Å². The molecule has 0 aromatic heterocycles. The predicted molar refractivity (Wildman–Crippen MR) is 50.1 cm³/mol. The zero-order valence-electron chi connectivity index (χ0n) is 7.86. The van der Waals surface area contributed by atoms with Crippen molar-refractivity contribution in [3.8, 4) is 0 Å². The molecule has 0 aliphatic rings. The van der Waals surface area contributed by atoms with Crippen molar-refractivity contribution < 1.29 is 17.9 Å². The van der Waals surface area contributed by atoms with Crippen LogP contribution in [-0.2, 0) is 9.84 Å². The van der Waals surface area contributed by atoms with Gasteiger partial charge in [-0.25, -0.2) is 12.8 Å². The van der Waals surface area contributed by atoms with Gasteiger partial charge in [-0.3, -0.25) is 0 Å². The summed E-state index contributed by atoms with van der Waals surface area (Å²) in [6.07, 6.45) is -0.0891. The molecule has 0 fully saturated rings. The molecule has 0 bridgehead atoms. The maximum absolute atomic E-state index is 13.5. The van der Waals surface area contributed by atoms with E-state index in [1.807, 2.05) is 0 Å². The Morgan fingerprint density at radius 1 is 1.43 bits per heavy atom. The zero-order chi connectivity index (χ0) is 10.9. The monoisotopic (exact) mass is 218 g/mol. The maximum atomic E-state index is 13.5. The van der Waals surface area contributed by atoms with Crippen LogP contribution in [0.5, 0.6) is 0 Å². The summed E-state index contributed by atoms with van der Waals surface area (Å²) >= 11 is 0. The molecular weight excluding hydrogens is 207 g/mol. The number of hydrogen-bond donors (Lipinski definition) is 1. The van der Waals surface area contributed by atoms with Crippen molar-refractivity contribution in [3.63, 3.8) is 0 Å². The molecule has 0 saturated carbocycles. The van der Waals surface area contributed by atoms with Crippen LogP contribution in [0.15, 0.2) is 23.1 Å². The van der Waals surface area contributed by atoms with Gasteiger partial charge in [-0.15, -0.1) is 0 Å². The van der Waals surface area contributed by atoms with E-state index >= 15 is 0 Å². The Morgan fingerprint density at radius 2 is 2.00 bits per heavy atom. The van der Waals surface area contributed by atoms with E-state index in [-0.39, 0.29) is 10.5 Å². The van der Waals surface area contributed by atoms with Crippen molar-refractivity contribution in [2.24, 2.45) is 0 Å². The molecule has 0 spiro atoms. The molecule has 1 atom stereocenters. The van der Waals surface area contributed by atoms with Gasteiger partial charge in [0.2, 0.25) is 0 Å². The lowest BCUT2D eigenvalue weighted by Crippen LogP contribution is -2.05. The van der Waals surface area contributed by atoms with Gasteiger partial charge in [-0.05, 0) is 13.0 Å². The fourth-order valence-corrected chi connectivity index (χ4v) is 1.91. The Morgan fingerprint density at radius 3 is 2.43 bits per heavy atom. The van der Waals surface area contributed by atoms with Crippen LogP contribution in [-0.4, -0.2) is 19.8 Å². The van der Waals surface area contributed by atoms with Crippen LogP contribution in [0, 0.1) is 5.82 Å². The van der Waals surface area contributed by atoms with E-state index in [0.717, 1.165) is 6.26 Å². The third-order valence-electron chi connectivity index (χ3n) is 1.84. The highest BCUT2D eigenvalue weighted by atomic mass is 32.2. The molecular formula is C9H11FO3S. The summed E-state index contributed by atoms with van der Waals surface area (Å²) in [5, 5.41) is 9.16. The Hall–Kier alpha value is -0.940. The molecule has 5 heteroatoms. The summed E-state index contributed by atoms with van der Waals surface area (Å²) in [6, 6.07) is 3.94. The molecule has 0 heterocycles. The SMILES string of the molecule is CC(O)c1cccc(S(C)(=O)=O)c1F. The summed E-state index contributed by atoms with van der Waals surface area (Å²) in [6.45, 7) is 1.38. The van der Waals surface area contributed by atoms with Crippen LogP contribution in [0.4, 0.5) is 4.39 Å². The quantitative estimate of drug-likeness (QED) is 0.813. The third kappa shape index (κ3) is 2.10. The highest BCUT2D eigenvalue weighted by Gasteiger charge is 2.18. The van der Waals surface area contributed by atoms with Gasteiger partial charge in [0.25, 0.3) is 0 Å². The molecule has 0 aliphatic carbocycles. The Labute approximate surface area is 82.1 Å². The predicted octanol–water partition coefficient (Wildman–Crippen LogP) is 1.28. The van der Waals surface area contributed by atoms with Crippen LogP contribution in [0.2, 0.25) is 0 Å². The van der Waals surface area contributed by atoms with Crippen LogP contribution >= 0.6 is 0 Å². The topological polar surface area (TPSA) is 54.4 Å². The molecule has 0 aliphatic heterocycles. The van der Waals surface area contributed by atoms with Gasteiger partial charge in [0.15, 0.2) is 9.84 Å². The smallest absolute Gasteiger partial charge is 0.178 e. The van der Waals surface area contributed by atoms with Crippen LogP contribution in [0.25, 0.3) is 0 Å². The fourth-order valence-electron chi connectivity index (χ4n) is 1.14. The van der Waals surface area contributed by atoms with Gasteiger partial charge in [0.05, 0.1) is 6.10 Å². The number of aliphatic hydroxyl groups excluding tert-OH is 1. The molecule has 78 valence electrons. The summed E-state index contributed by atoms with van der Waals surface area (Å²) in [4.78, 5) is -0.379. The number of hydrogen-bond acceptors (Lipinski definition) is 3. The molecule has 14 heavy (non-hydrogen) atoms. The van der Waals surface area contributed by atoms with Gasteiger partial charge in [0, 0.05) is 11.8 Å². The first-order chi connectivity index (χ1) is 6.34. The van der Waals surface area contributed by atoms with Gasteiger partial charge in [0.1, 0.15) is 10.7 Å². The fraction of sp³-hybridized carbons (Fsp3) is 0.333. The normalized spacial score (nSPS) is 14.0. The minimum absolute atomic E-state index is 0.00655. The molecule has 1 aromatic rings. The van der Waals surface area contributed by atoms with Crippen molar-refractivity contribution in [1.82, 2.24) is 0 Å². The number of rotatable bonds is 2. The average molecular weight is 218 g/mol. The first kappa shape index (κ1) is 11.1. The van der Waals surface area contributed by atoms with Gasteiger partial charge in [-0.2, -0.15) is 0 Å². The van der Waals surface area contributed by atoms with E-state index in [1.165, 1.54) is 25.1 Å². The molecule has 1 unspecified atom stereocenters. The average Bonchev–Trinajstić information content (AvgIpc) is 2.01. The Bertz CT molecular complexity index is 437. The van der Waals surface area contributed by atoms with Gasteiger partial charge < -0.3 is 5.11 Å². The first-order valence-corrected chi connectivity index (χ1v) is 5.89. The largest absolute Gasteiger partial charge is 0.389 e. The number of halogens is 1. The molecule has 1 rings (SSSR count). The van der Waals surface area contributed by atoms with Crippen LogP contribution in [0.3, 0.4) is 0 Å². The lowest BCUT2D eigenvalue weighted by molar-refractivity contribution is 0.193. The summed E-state index contributed by atoms with van der Waals surface area (Å²) in [5.74, 6) is -0.870. The highest BCUT2D eigenvalue weighted by Crippen LogP contribution is 2.22. The standard InChI is InChI=1S/C9H11FO3S/c1-6(11)7-4-3-5-8(9(7)10)14(2,12)13/h3-6,11H,1-2H3. The zero-order valence-corrected chi connectivity index (χ0v) is 8.68. The number of sulfone groups is 1. The van der Waals surface area contributed by atoms with E-state index in [1.54, 1.807) is 0 Å². The van der Waals surface area contributed by atoms with Crippen molar-refractivity contribution in [1.29, 1.82) is 0 Å². The van der Waals surface area contributed by atoms with Gasteiger partial charge in [-0.1, -0.05) is 12.1 Å². The van der Waals surface area contributed by atoms with Crippen molar-refractivity contribution in [2.75, 3.05) is 6.26 Å². The highest BCUT2D eigenvalue weighted by molar-refractivity contribution is 7.90. The summed E-state index contributed by atoms with van der Waals surface area (Å²) < 4.78 is 35.7. The Balaban J connectivity index is 3.43. The van der Waals surface area contributed by atoms with Crippen molar-refractivity contribution >= 4 is 9.84 Å².